The molecule has 0 saturated carbocycles. The van der Waals surface area contributed by atoms with Crippen LogP contribution in [0.15, 0.2) is 24.4 Å². The quantitative estimate of drug-likeness (QED) is 0.412. The molecule has 0 aromatic carbocycles. The lowest BCUT2D eigenvalue weighted by Crippen LogP contribution is -2.55. The standard InChI is InChI=1S/C5H13N3O.C5H5NO4S/c6-4-1-3(9)2-5(7)8-4;7-11(8,9)10-5-3-1-2-4-6-5/h3-5,8-9H,1-2,6-7H2;1-4H,(H,7,8,9). The molecule has 20 heavy (non-hydrogen) atoms. The highest BCUT2D eigenvalue weighted by atomic mass is 32.3. The van der Waals surface area contributed by atoms with Crippen molar-refractivity contribution in [3.8, 4) is 5.88 Å². The molecule has 7 N–H and O–H groups in total. The van der Waals surface area contributed by atoms with Crippen molar-refractivity contribution >= 4 is 10.4 Å². The van der Waals surface area contributed by atoms with Gasteiger partial charge in [-0.3, -0.25) is 9.87 Å². The van der Waals surface area contributed by atoms with Gasteiger partial charge >= 0.3 is 10.4 Å². The van der Waals surface area contributed by atoms with Crippen LogP contribution in [0.1, 0.15) is 12.8 Å². The van der Waals surface area contributed by atoms with Crippen LogP contribution in [0.4, 0.5) is 0 Å². The maximum atomic E-state index is 10.1. The van der Waals surface area contributed by atoms with Crippen LogP contribution in [-0.4, -0.2) is 41.5 Å². The van der Waals surface area contributed by atoms with Gasteiger partial charge in [0.1, 0.15) is 0 Å². The zero-order valence-electron chi connectivity index (χ0n) is 10.6. The Balaban J connectivity index is 0.000000204. The highest BCUT2D eigenvalue weighted by molar-refractivity contribution is 7.81. The second-order valence-corrected chi connectivity index (χ2v) is 5.21. The third-order valence-electron chi connectivity index (χ3n) is 2.31. The van der Waals surface area contributed by atoms with E-state index in [1.165, 1.54) is 18.3 Å². The summed E-state index contributed by atoms with van der Waals surface area (Å²) in [5, 5.41) is 12.0. The summed E-state index contributed by atoms with van der Waals surface area (Å²) in [6, 6.07) is 4.44. The van der Waals surface area contributed by atoms with Crippen LogP contribution >= 0.6 is 0 Å². The normalized spacial score (nSPS) is 26.3. The van der Waals surface area contributed by atoms with Gasteiger partial charge < -0.3 is 20.8 Å². The van der Waals surface area contributed by atoms with E-state index >= 15 is 0 Å². The average molecular weight is 306 g/mol. The number of nitrogens with two attached hydrogens (primary N) is 2. The number of rotatable bonds is 2. The van der Waals surface area contributed by atoms with Crippen molar-refractivity contribution in [2.75, 3.05) is 0 Å². The van der Waals surface area contributed by atoms with Crippen LogP contribution in [0, 0.1) is 0 Å². The van der Waals surface area contributed by atoms with Crippen molar-refractivity contribution in [3.05, 3.63) is 24.4 Å². The topological polar surface area (TPSA) is 161 Å². The summed E-state index contributed by atoms with van der Waals surface area (Å²) in [4.78, 5) is 3.50. The van der Waals surface area contributed by atoms with Gasteiger partial charge in [0.05, 0.1) is 18.4 Å². The van der Waals surface area contributed by atoms with Gasteiger partial charge in [-0.05, 0) is 6.07 Å². The van der Waals surface area contributed by atoms with E-state index in [9.17, 15) is 8.42 Å². The van der Waals surface area contributed by atoms with E-state index in [1.54, 1.807) is 6.07 Å². The molecular formula is C10H18N4O5S. The highest BCUT2D eigenvalue weighted by Gasteiger charge is 2.21. The Bertz CT molecular complexity index is 473. The summed E-state index contributed by atoms with van der Waals surface area (Å²) >= 11 is 0. The lowest BCUT2D eigenvalue weighted by molar-refractivity contribution is 0.0964. The number of piperidine rings is 1. The van der Waals surface area contributed by atoms with Gasteiger partial charge in [-0.2, -0.15) is 8.42 Å². The van der Waals surface area contributed by atoms with Crippen LogP contribution in [0.5, 0.6) is 5.88 Å². The van der Waals surface area contributed by atoms with Gasteiger partial charge in [0.2, 0.25) is 5.88 Å². The fraction of sp³-hybridized carbons (Fsp3) is 0.500. The van der Waals surface area contributed by atoms with Crippen LogP contribution < -0.4 is 21.0 Å². The van der Waals surface area contributed by atoms with E-state index in [0.717, 1.165) is 0 Å². The minimum atomic E-state index is -4.44. The van der Waals surface area contributed by atoms with E-state index < -0.39 is 10.4 Å². The summed E-state index contributed by atoms with van der Waals surface area (Å²) in [7, 11) is -4.44. The van der Waals surface area contributed by atoms with Crippen LogP contribution in [-0.2, 0) is 10.4 Å². The molecule has 114 valence electrons. The molecule has 9 nitrogen and oxygen atoms in total. The van der Waals surface area contributed by atoms with Crippen molar-refractivity contribution in [2.45, 2.75) is 31.3 Å². The van der Waals surface area contributed by atoms with E-state index in [-0.39, 0.29) is 24.3 Å². The molecule has 0 radical (unpaired) electrons. The van der Waals surface area contributed by atoms with Crippen molar-refractivity contribution in [2.24, 2.45) is 11.5 Å². The van der Waals surface area contributed by atoms with Gasteiger partial charge in [0, 0.05) is 25.1 Å². The van der Waals surface area contributed by atoms with Crippen LogP contribution in [0.3, 0.4) is 0 Å². The van der Waals surface area contributed by atoms with E-state index in [4.69, 9.17) is 21.1 Å². The summed E-state index contributed by atoms with van der Waals surface area (Å²) in [6.07, 6.45) is 1.96. The molecule has 2 heterocycles. The molecule has 0 spiro atoms. The third-order valence-corrected chi connectivity index (χ3v) is 2.69. The van der Waals surface area contributed by atoms with Gasteiger partial charge in [0.15, 0.2) is 0 Å². The third kappa shape index (κ3) is 7.33. The van der Waals surface area contributed by atoms with Crippen LogP contribution in [0.25, 0.3) is 0 Å². The number of aliphatic hydroxyl groups excluding tert-OH is 1. The fourth-order valence-corrected chi connectivity index (χ4v) is 1.91. The largest absolute Gasteiger partial charge is 0.447 e. The second-order valence-electron chi connectivity index (χ2n) is 4.18. The molecule has 1 saturated heterocycles. The molecule has 0 amide bonds. The maximum absolute atomic E-state index is 10.1. The van der Waals surface area contributed by atoms with Crippen molar-refractivity contribution in [3.63, 3.8) is 0 Å². The first-order valence-corrected chi connectivity index (χ1v) is 7.16. The van der Waals surface area contributed by atoms with Gasteiger partial charge in [-0.15, -0.1) is 0 Å². The maximum Gasteiger partial charge on any atom is 0.447 e. The zero-order valence-corrected chi connectivity index (χ0v) is 11.4. The lowest BCUT2D eigenvalue weighted by Gasteiger charge is -2.29. The number of hydrogen-bond donors (Lipinski definition) is 5. The Morgan fingerprint density at radius 3 is 2.30 bits per heavy atom. The molecule has 2 unspecified atom stereocenters. The highest BCUT2D eigenvalue weighted by Crippen LogP contribution is 2.06. The summed E-state index contributed by atoms with van der Waals surface area (Å²) in [5.74, 6) is -0.157. The first kappa shape index (κ1) is 16.8. The zero-order chi connectivity index (χ0) is 15.2. The minimum Gasteiger partial charge on any atom is -0.393 e. The van der Waals surface area contributed by atoms with Gasteiger partial charge in [0.25, 0.3) is 0 Å². The van der Waals surface area contributed by atoms with Gasteiger partial charge in [-0.1, -0.05) is 6.07 Å². The number of nitrogens with zero attached hydrogens (tertiary/aromatic N) is 1. The number of aliphatic hydroxyl groups is 1. The van der Waals surface area contributed by atoms with Crippen LogP contribution in [0.2, 0.25) is 0 Å². The SMILES string of the molecule is NC1CC(O)CC(N)N1.O=S(=O)(O)Oc1ccccn1. The first-order chi connectivity index (χ1) is 9.26. The van der Waals surface area contributed by atoms with E-state index in [2.05, 4.69) is 14.5 Å². The Morgan fingerprint density at radius 2 is 1.90 bits per heavy atom. The summed E-state index contributed by atoms with van der Waals surface area (Å²) < 4.78 is 32.4. The number of pyridine rings is 1. The molecule has 1 aliphatic heterocycles. The Morgan fingerprint density at radius 1 is 1.30 bits per heavy atom. The van der Waals surface area contributed by atoms with E-state index in [0.29, 0.717) is 12.8 Å². The minimum absolute atomic E-state index is 0.135. The van der Waals surface area contributed by atoms with Gasteiger partial charge in [-0.25, -0.2) is 4.98 Å². The molecule has 2 rings (SSSR count). The number of aromatic nitrogens is 1. The lowest BCUT2D eigenvalue weighted by atomic mass is 10.1. The first-order valence-electron chi connectivity index (χ1n) is 5.79. The molecule has 1 aromatic heterocycles. The summed E-state index contributed by atoms with van der Waals surface area (Å²) in [5.41, 5.74) is 10.9. The fourth-order valence-electron chi connectivity index (χ4n) is 1.60. The second kappa shape index (κ2) is 7.47. The monoisotopic (exact) mass is 306 g/mol. The van der Waals surface area contributed by atoms with Crippen molar-refractivity contribution < 1.29 is 22.3 Å². The van der Waals surface area contributed by atoms with E-state index in [1.807, 2.05) is 0 Å². The molecule has 10 heteroatoms. The molecule has 1 fully saturated rings. The molecular weight excluding hydrogens is 288 g/mol. The van der Waals surface area contributed by atoms with Crippen molar-refractivity contribution in [1.29, 1.82) is 0 Å². The Labute approximate surface area is 116 Å². The Kier molecular flexibility index (Phi) is 6.26. The number of hydrogen-bond acceptors (Lipinski definition) is 8. The molecule has 0 bridgehead atoms. The molecule has 2 atom stereocenters. The molecule has 0 aliphatic carbocycles. The smallest absolute Gasteiger partial charge is 0.393 e. The molecule has 1 aliphatic rings. The number of nitrogens with one attached hydrogen (secondary N) is 1. The van der Waals surface area contributed by atoms with Crippen molar-refractivity contribution in [1.82, 2.24) is 10.3 Å². The predicted molar refractivity (Wildman–Crippen MR) is 70.7 cm³/mol. The average Bonchev–Trinajstić information content (AvgIpc) is 2.26. The molecule has 1 aromatic rings. The Hall–Kier alpha value is -1.30. The predicted octanol–water partition coefficient (Wildman–Crippen LogP) is -1.44. The summed E-state index contributed by atoms with van der Waals surface area (Å²) in [6.45, 7) is 0.